The van der Waals surface area contributed by atoms with Crippen LogP contribution in [0, 0.1) is 0 Å². The lowest BCUT2D eigenvalue weighted by Crippen LogP contribution is -2.12. The minimum absolute atomic E-state index is 0.122. The van der Waals surface area contributed by atoms with Crippen LogP contribution in [0.1, 0.15) is 17.4 Å². The summed E-state index contributed by atoms with van der Waals surface area (Å²) < 4.78 is 5.35. The van der Waals surface area contributed by atoms with Crippen molar-refractivity contribution in [1.82, 2.24) is 4.98 Å². The Balaban J connectivity index is 1.71. The average molecular weight is 390 g/mol. The van der Waals surface area contributed by atoms with Crippen molar-refractivity contribution in [2.75, 3.05) is 10.6 Å². The summed E-state index contributed by atoms with van der Waals surface area (Å²) in [5.41, 5.74) is 1.93. The molecule has 26 heavy (non-hydrogen) atoms. The first kappa shape index (κ1) is 18.0. The minimum atomic E-state index is -0.424. The van der Waals surface area contributed by atoms with Gasteiger partial charge in [0.2, 0.25) is 11.8 Å². The van der Waals surface area contributed by atoms with Crippen molar-refractivity contribution in [2.24, 2.45) is 0 Å². The molecule has 8 heteroatoms. The van der Waals surface area contributed by atoms with Crippen LogP contribution >= 0.6 is 23.2 Å². The number of carbonyl (C=O) groups is 2. The Morgan fingerprint density at radius 3 is 2.23 bits per heavy atom. The van der Waals surface area contributed by atoms with Crippen molar-refractivity contribution in [2.45, 2.75) is 6.92 Å². The number of nitrogens with one attached hydrogen (secondary N) is 2. The Bertz CT molecular complexity index is 968. The van der Waals surface area contributed by atoms with Crippen molar-refractivity contribution >= 4 is 46.4 Å². The first-order chi connectivity index (χ1) is 12.4. The summed E-state index contributed by atoms with van der Waals surface area (Å²) in [5, 5.41) is 6.14. The number of anilines is 2. The van der Waals surface area contributed by atoms with E-state index in [2.05, 4.69) is 15.6 Å². The molecule has 3 aromatic rings. The van der Waals surface area contributed by atoms with Gasteiger partial charge in [-0.1, -0.05) is 23.2 Å². The summed E-state index contributed by atoms with van der Waals surface area (Å²) in [7, 11) is 0. The molecule has 0 saturated heterocycles. The van der Waals surface area contributed by atoms with Gasteiger partial charge in [0.15, 0.2) is 5.69 Å². The van der Waals surface area contributed by atoms with Gasteiger partial charge < -0.3 is 15.1 Å². The monoisotopic (exact) mass is 389 g/mol. The van der Waals surface area contributed by atoms with E-state index < -0.39 is 5.91 Å². The zero-order valence-corrected chi connectivity index (χ0v) is 15.1. The molecule has 0 aliphatic carbocycles. The predicted octanol–water partition coefficient (Wildman–Crippen LogP) is 4.86. The van der Waals surface area contributed by atoms with Crippen LogP contribution in [0.2, 0.25) is 10.0 Å². The molecule has 0 saturated carbocycles. The molecule has 1 heterocycles. The number of halogens is 2. The molecular formula is C18H13Cl2N3O3. The maximum Gasteiger partial charge on any atom is 0.277 e. The van der Waals surface area contributed by atoms with Crippen LogP contribution in [0.15, 0.2) is 53.1 Å². The molecule has 132 valence electrons. The molecule has 0 atom stereocenters. The molecule has 0 spiro atoms. The molecule has 3 rings (SSSR count). The highest BCUT2D eigenvalue weighted by atomic mass is 35.5. The zero-order valence-electron chi connectivity index (χ0n) is 13.5. The Hall–Kier alpha value is -2.83. The normalized spacial score (nSPS) is 10.4. The lowest BCUT2D eigenvalue weighted by molar-refractivity contribution is -0.114. The lowest BCUT2D eigenvalue weighted by atomic mass is 10.2. The molecule has 0 bridgehead atoms. The Morgan fingerprint density at radius 1 is 0.962 bits per heavy atom. The Morgan fingerprint density at radius 2 is 1.62 bits per heavy atom. The van der Waals surface area contributed by atoms with Gasteiger partial charge in [0, 0.05) is 23.9 Å². The third kappa shape index (κ3) is 4.22. The average Bonchev–Trinajstić information content (AvgIpc) is 3.09. The van der Waals surface area contributed by atoms with Crippen LogP contribution < -0.4 is 10.6 Å². The highest BCUT2D eigenvalue weighted by Gasteiger charge is 2.14. The van der Waals surface area contributed by atoms with E-state index in [4.69, 9.17) is 27.6 Å². The fraction of sp³-hybridized carbons (Fsp3) is 0.0556. The number of hydrogen-bond donors (Lipinski definition) is 2. The summed E-state index contributed by atoms with van der Waals surface area (Å²) in [4.78, 5) is 27.5. The molecule has 0 radical (unpaired) electrons. The van der Waals surface area contributed by atoms with Crippen LogP contribution in [0.25, 0.3) is 11.5 Å². The van der Waals surface area contributed by atoms with Gasteiger partial charge in [-0.3, -0.25) is 9.59 Å². The SMILES string of the molecule is CC(=O)Nc1ccc(NC(=O)c2coc(-c3ccc(Cl)c(Cl)c3)n2)cc1. The van der Waals surface area contributed by atoms with Crippen LogP contribution in [-0.4, -0.2) is 16.8 Å². The molecule has 6 nitrogen and oxygen atoms in total. The van der Waals surface area contributed by atoms with E-state index in [0.29, 0.717) is 27.0 Å². The first-order valence-corrected chi connectivity index (χ1v) is 8.28. The highest BCUT2D eigenvalue weighted by molar-refractivity contribution is 6.42. The number of amides is 2. The number of rotatable bonds is 4. The molecule has 0 aliphatic rings. The number of aromatic nitrogens is 1. The van der Waals surface area contributed by atoms with Crippen LogP contribution in [0.5, 0.6) is 0 Å². The van der Waals surface area contributed by atoms with Crippen molar-refractivity contribution in [3.8, 4) is 11.5 Å². The van der Waals surface area contributed by atoms with Gasteiger partial charge in [0.05, 0.1) is 10.0 Å². The Kier molecular flexibility index (Phi) is 5.25. The summed E-state index contributed by atoms with van der Waals surface area (Å²) in [6.45, 7) is 1.42. The largest absolute Gasteiger partial charge is 0.444 e. The number of carbonyl (C=O) groups excluding carboxylic acids is 2. The molecule has 0 unspecified atom stereocenters. The third-order valence-electron chi connectivity index (χ3n) is 3.37. The quantitative estimate of drug-likeness (QED) is 0.667. The van der Waals surface area contributed by atoms with Crippen LogP contribution in [0.3, 0.4) is 0 Å². The van der Waals surface area contributed by atoms with E-state index in [1.165, 1.54) is 13.2 Å². The van der Waals surface area contributed by atoms with Crippen molar-refractivity contribution in [3.63, 3.8) is 0 Å². The van der Waals surface area contributed by atoms with Gasteiger partial charge in [-0.2, -0.15) is 0 Å². The molecule has 2 aromatic carbocycles. The van der Waals surface area contributed by atoms with Crippen LogP contribution in [-0.2, 0) is 4.79 Å². The van der Waals surface area contributed by atoms with E-state index >= 15 is 0 Å². The van der Waals surface area contributed by atoms with E-state index in [1.807, 2.05) is 0 Å². The van der Waals surface area contributed by atoms with Crippen molar-refractivity contribution in [3.05, 3.63) is 64.5 Å². The van der Waals surface area contributed by atoms with Crippen molar-refractivity contribution in [1.29, 1.82) is 0 Å². The van der Waals surface area contributed by atoms with Gasteiger partial charge in [-0.15, -0.1) is 0 Å². The molecule has 0 fully saturated rings. The minimum Gasteiger partial charge on any atom is -0.444 e. The van der Waals surface area contributed by atoms with Crippen molar-refractivity contribution < 1.29 is 14.0 Å². The maximum atomic E-state index is 12.3. The fourth-order valence-corrected chi connectivity index (χ4v) is 2.47. The maximum absolute atomic E-state index is 12.3. The van der Waals surface area contributed by atoms with Gasteiger partial charge >= 0.3 is 0 Å². The van der Waals surface area contributed by atoms with Gasteiger partial charge in [0.25, 0.3) is 5.91 Å². The van der Waals surface area contributed by atoms with E-state index in [9.17, 15) is 9.59 Å². The highest BCUT2D eigenvalue weighted by Crippen LogP contribution is 2.28. The number of nitrogens with zero attached hydrogens (tertiary/aromatic N) is 1. The first-order valence-electron chi connectivity index (χ1n) is 7.52. The summed E-state index contributed by atoms with van der Waals surface area (Å²) in [6.07, 6.45) is 1.26. The van der Waals surface area contributed by atoms with E-state index in [1.54, 1.807) is 42.5 Å². The number of oxazole rings is 1. The standard InChI is InChI=1S/C18H13Cl2N3O3/c1-10(24)21-12-3-5-13(6-4-12)22-17(25)16-9-26-18(23-16)11-2-7-14(19)15(20)8-11/h2-9H,1H3,(H,21,24)(H,22,25). The summed E-state index contributed by atoms with van der Waals surface area (Å²) in [6, 6.07) is 11.6. The van der Waals surface area contributed by atoms with Gasteiger partial charge in [0.1, 0.15) is 6.26 Å². The molecule has 0 aliphatic heterocycles. The van der Waals surface area contributed by atoms with Crippen LogP contribution in [0.4, 0.5) is 11.4 Å². The Labute approximate surface area is 159 Å². The van der Waals surface area contributed by atoms with E-state index in [0.717, 1.165) is 0 Å². The molecule has 1 aromatic heterocycles. The number of hydrogen-bond acceptors (Lipinski definition) is 4. The predicted molar refractivity (Wildman–Crippen MR) is 101 cm³/mol. The number of benzene rings is 2. The second kappa shape index (κ2) is 7.59. The second-order valence-electron chi connectivity index (χ2n) is 5.38. The fourth-order valence-electron chi connectivity index (χ4n) is 2.18. The molecular weight excluding hydrogens is 377 g/mol. The zero-order chi connectivity index (χ0) is 18.7. The summed E-state index contributed by atoms with van der Waals surface area (Å²) in [5.74, 6) is -0.332. The van der Waals surface area contributed by atoms with E-state index in [-0.39, 0.29) is 17.5 Å². The molecule has 2 N–H and O–H groups in total. The smallest absolute Gasteiger partial charge is 0.277 e. The van der Waals surface area contributed by atoms with Gasteiger partial charge in [-0.25, -0.2) is 4.98 Å². The van der Waals surface area contributed by atoms with Gasteiger partial charge in [-0.05, 0) is 42.5 Å². The third-order valence-corrected chi connectivity index (χ3v) is 4.11. The second-order valence-corrected chi connectivity index (χ2v) is 6.19. The topological polar surface area (TPSA) is 84.2 Å². The summed E-state index contributed by atoms with van der Waals surface area (Å²) >= 11 is 11.9. The lowest BCUT2D eigenvalue weighted by Gasteiger charge is -2.05. The molecule has 2 amide bonds.